The van der Waals surface area contributed by atoms with Crippen LogP contribution >= 0.6 is 0 Å². The molecule has 1 aliphatic carbocycles. The maximum Gasteiger partial charge on any atom is 0.255 e. The van der Waals surface area contributed by atoms with Crippen LogP contribution in [-0.4, -0.2) is 48.8 Å². The van der Waals surface area contributed by atoms with Crippen molar-refractivity contribution in [2.75, 3.05) is 12.3 Å². The topological polar surface area (TPSA) is 96.8 Å². The monoisotopic (exact) mass is 559 g/mol. The van der Waals surface area contributed by atoms with E-state index in [9.17, 15) is 18.7 Å². The van der Waals surface area contributed by atoms with Crippen LogP contribution in [0.5, 0.6) is 0 Å². The molecule has 4 atom stereocenters. The molecule has 4 aromatic rings. The van der Waals surface area contributed by atoms with Gasteiger partial charge < -0.3 is 15.7 Å². The highest BCUT2D eigenvalue weighted by atomic mass is 19.3. The Morgan fingerprint density at radius 1 is 1.17 bits per heavy atom. The van der Waals surface area contributed by atoms with E-state index in [1.165, 1.54) is 0 Å². The van der Waals surface area contributed by atoms with Crippen LogP contribution in [0, 0.1) is 0 Å². The van der Waals surface area contributed by atoms with Crippen molar-refractivity contribution in [3.05, 3.63) is 83.4 Å². The number of nitrogen functional groups attached to an aromatic ring is 1. The predicted molar refractivity (Wildman–Crippen MR) is 154 cm³/mol. The normalized spacial score (nSPS) is 23.4. The van der Waals surface area contributed by atoms with Crippen LogP contribution in [0.15, 0.2) is 60.9 Å². The van der Waals surface area contributed by atoms with Gasteiger partial charge in [-0.1, -0.05) is 55.5 Å². The molecule has 41 heavy (non-hydrogen) atoms. The molecule has 2 aliphatic rings. The van der Waals surface area contributed by atoms with E-state index in [1.54, 1.807) is 37.4 Å². The second-order valence-electron chi connectivity index (χ2n) is 11.7. The number of fused-ring (bicyclic) bond motifs is 1. The van der Waals surface area contributed by atoms with Gasteiger partial charge >= 0.3 is 0 Å². The third kappa shape index (κ3) is 4.76. The number of amides is 1. The van der Waals surface area contributed by atoms with E-state index in [2.05, 4.69) is 11.9 Å². The largest absolute Gasteiger partial charge is 0.382 e. The van der Waals surface area contributed by atoms with Gasteiger partial charge in [0, 0.05) is 49.3 Å². The van der Waals surface area contributed by atoms with Crippen LogP contribution in [0.25, 0.3) is 16.8 Å². The van der Waals surface area contributed by atoms with Gasteiger partial charge in [-0.05, 0) is 43.4 Å². The third-order valence-corrected chi connectivity index (χ3v) is 8.88. The number of hydrogen-bond donors (Lipinski definition) is 2. The first kappa shape index (κ1) is 27.3. The van der Waals surface area contributed by atoms with Crippen molar-refractivity contribution in [1.82, 2.24) is 19.3 Å². The summed E-state index contributed by atoms with van der Waals surface area (Å²) in [7, 11) is 0. The lowest BCUT2D eigenvalue weighted by Gasteiger charge is -2.37. The summed E-state index contributed by atoms with van der Waals surface area (Å²) in [4.78, 5) is 23.9. The number of hydrogen-bond acceptors (Lipinski definition) is 5. The predicted octanol–water partition coefficient (Wildman–Crippen LogP) is 5.86. The second-order valence-corrected chi connectivity index (χ2v) is 11.7. The average Bonchev–Trinajstić information content (AvgIpc) is 3.43. The summed E-state index contributed by atoms with van der Waals surface area (Å²) in [5, 5.41) is 11.5. The minimum atomic E-state index is -2.67. The Labute approximate surface area is 238 Å². The van der Waals surface area contributed by atoms with Gasteiger partial charge in [0.15, 0.2) is 0 Å². The molecule has 2 unspecified atom stereocenters. The quantitative estimate of drug-likeness (QED) is 0.308. The van der Waals surface area contributed by atoms with Crippen LogP contribution in [-0.2, 0) is 10.4 Å². The Morgan fingerprint density at radius 2 is 1.90 bits per heavy atom. The van der Waals surface area contributed by atoms with Crippen molar-refractivity contribution < 1.29 is 18.7 Å². The van der Waals surface area contributed by atoms with Crippen LogP contribution in [0.1, 0.15) is 80.8 Å². The van der Waals surface area contributed by atoms with E-state index in [4.69, 9.17) is 10.7 Å². The molecule has 0 bridgehead atoms. The summed E-state index contributed by atoms with van der Waals surface area (Å²) >= 11 is 0. The number of aliphatic hydroxyl groups is 1. The summed E-state index contributed by atoms with van der Waals surface area (Å²) in [6, 6.07) is 14.5. The number of halogens is 2. The number of carbonyl (C=O) groups excluding carboxylic acids is 1. The Bertz CT molecular complexity index is 1610. The number of benzene rings is 2. The molecule has 1 aliphatic heterocycles. The first-order chi connectivity index (χ1) is 19.5. The van der Waals surface area contributed by atoms with Crippen molar-refractivity contribution >= 4 is 17.2 Å². The van der Waals surface area contributed by atoms with E-state index in [0.29, 0.717) is 46.7 Å². The Morgan fingerprint density at radius 3 is 2.59 bits per heavy atom. The minimum absolute atomic E-state index is 0.0517. The summed E-state index contributed by atoms with van der Waals surface area (Å²) in [6.07, 6.45) is 5.63. The molecule has 6 rings (SSSR count). The zero-order chi connectivity index (χ0) is 29.1. The van der Waals surface area contributed by atoms with Gasteiger partial charge in [-0.3, -0.25) is 9.20 Å². The summed E-state index contributed by atoms with van der Waals surface area (Å²) in [6.45, 7) is 6.25. The number of imidazole rings is 1. The maximum atomic E-state index is 13.7. The number of alkyl halides is 2. The molecule has 3 heterocycles. The fraction of sp³-hybridized carbons (Fsp3) is 0.406. The van der Waals surface area contributed by atoms with Gasteiger partial charge in [0.25, 0.3) is 5.92 Å². The van der Waals surface area contributed by atoms with Crippen molar-refractivity contribution in [3.8, 4) is 11.3 Å². The third-order valence-electron chi connectivity index (χ3n) is 8.88. The SMILES string of the molecule is CCC(=O)N1C[C@H](c2nc(-c3ccc(C(C)(O)c4cccc(C5CC5(F)F)c4)cc3)c3c(N)nccn23)CC[C@H]1C. The van der Waals surface area contributed by atoms with Gasteiger partial charge in [-0.2, -0.15) is 0 Å². The molecule has 214 valence electrons. The van der Waals surface area contributed by atoms with Gasteiger partial charge in [0.2, 0.25) is 5.91 Å². The minimum Gasteiger partial charge on any atom is -0.382 e. The number of aromatic nitrogens is 3. The number of anilines is 1. The van der Waals surface area contributed by atoms with E-state index in [0.717, 1.165) is 24.2 Å². The summed E-state index contributed by atoms with van der Waals surface area (Å²) < 4.78 is 29.4. The van der Waals surface area contributed by atoms with E-state index in [-0.39, 0.29) is 24.3 Å². The zero-order valence-corrected chi connectivity index (χ0v) is 23.5. The maximum absolute atomic E-state index is 13.7. The number of likely N-dealkylation sites (tertiary alicyclic amines) is 1. The molecule has 1 saturated carbocycles. The second kappa shape index (κ2) is 9.91. The Kier molecular flexibility index (Phi) is 6.60. The van der Waals surface area contributed by atoms with Crippen LogP contribution < -0.4 is 5.73 Å². The lowest BCUT2D eigenvalue weighted by atomic mass is 9.86. The van der Waals surface area contributed by atoms with Crippen molar-refractivity contribution in [1.29, 1.82) is 0 Å². The highest BCUT2D eigenvalue weighted by Gasteiger charge is 2.57. The number of nitrogens with two attached hydrogens (primary N) is 1. The Balaban J connectivity index is 1.34. The van der Waals surface area contributed by atoms with Gasteiger partial charge in [-0.25, -0.2) is 18.7 Å². The molecule has 9 heteroatoms. The van der Waals surface area contributed by atoms with E-state index >= 15 is 0 Å². The molecular weight excluding hydrogens is 524 g/mol. The van der Waals surface area contributed by atoms with E-state index in [1.807, 2.05) is 46.7 Å². The van der Waals surface area contributed by atoms with Crippen molar-refractivity contribution in [3.63, 3.8) is 0 Å². The lowest BCUT2D eigenvalue weighted by Crippen LogP contribution is -2.44. The fourth-order valence-electron chi connectivity index (χ4n) is 6.20. The number of rotatable bonds is 6. The molecule has 2 aromatic carbocycles. The molecule has 1 saturated heterocycles. The van der Waals surface area contributed by atoms with Crippen molar-refractivity contribution in [2.45, 2.75) is 75.9 Å². The first-order valence-electron chi connectivity index (χ1n) is 14.2. The molecule has 0 spiro atoms. The molecule has 2 fully saturated rings. The highest BCUT2D eigenvalue weighted by molar-refractivity contribution is 5.85. The van der Waals surface area contributed by atoms with E-state index < -0.39 is 17.4 Å². The summed E-state index contributed by atoms with van der Waals surface area (Å²) in [5.74, 6) is -2.07. The van der Waals surface area contributed by atoms with Gasteiger partial charge in [0.05, 0.1) is 5.92 Å². The molecule has 2 aromatic heterocycles. The zero-order valence-electron chi connectivity index (χ0n) is 23.5. The number of nitrogens with zero attached hydrogens (tertiary/aromatic N) is 4. The fourth-order valence-corrected chi connectivity index (χ4v) is 6.20. The average molecular weight is 560 g/mol. The first-order valence-corrected chi connectivity index (χ1v) is 14.2. The molecule has 3 N–H and O–H groups in total. The highest BCUT2D eigenvalue weighted by Crippen LogP contribution is 2.56. The van der Waals surface area contributed by atoms with Gasteiger partial charge in [0.1, 0.15) is 28.5 Å². The standard InChI is InChI=1S/C32H35F2N5O2/c1-4-26(40)39-18-22(9-8-19(39)2)30-37-27(28-29(35)36-14-15-38(28)30)20-10-12-23(13-11-20)31(3,41)24-7-5-6-21(16-24)25-17-32(25,33)34/h5-7,10-16,19,22,25,41H,4,8-9,17-18H2,1-3H3,(H2,35,36)/t19-,22-,25?,31?/m1/s1. The smallest absolute Gasteiger partial charge is 0.255 e. The van der Waals surface area contributed by atoms with Crippen molar-refractivity contribution in [2.24, 2.45) is 0 Å². The van der Waals surface area contributed by atoms with Crippen LogP contribution in [0.3, 0.4) is 0 Å². The molecular formula is C32H35F2N5O2. The number of piperidine rings is 1. The van der Waals surface area contributed by atoms with Crippen LogP contribution in [0.2, 0.25) is 0 Å². The molecule has 1 amide bonds. The Hall–Kier alpha value is -3.85. The van der Waals surface area contributed by atoms with Gasteiger partial charge in [-0.15, -0.1) is 0 Å². The molecule has 7 nitrogen and oxygen atoms in total. The lowest BCUT2D eigenvalue weighted by molar-refractivity contribution is -0.134. The summed E-state index contributed by atoms with van der Waals surface area (Å²) in [5.41, 5.74) is 8.91. The van der Waals surface area contributed by atoms with Crippen LogP contribution in [0.4, 0.5) is 14.6 Å². The number of carbonyl (C=O) groups is 1. The molecule has 0 radical (unpaired) electrons.